The highest BCUT2D eigenvalue weighted by molar-refractivity contribution is 6.30. The van der Waals surface area contributed by atoms with Gasteiger partial charge < -0.3 is 4.90 Å². The zero-order chi connectivity index (χ0) is 14.8. The maximum Gasteiger partial charge on any atom is 0.228 e. The van der Waals surface area contributed by atoms with Crippen molar-refractivity contribution in [3.63, 3.8) is 0 Å². The monoisotopic (exact) mass is 298 g/mol. The predicted molar refractivity (Wildman–Crippen MR) is 86.1 cm³/mol. The summed E-state index contributed by atoms with van der Waals surface area (Å²) in [5.74, 6) is 1.43. The lowest BCUT2D eigenvalue weighted by Crippen LogP contribution is -2.15. The van der Waals surface area contributed by atoms with E-state index in [1.54, 1.807) is 0 Å². The fourth-order valence-electron chi connectivity index (χ4n) is 2.09. The zero-order valence-electron chi connectivity index (χ0n) is 11.9. The summed E-state index contributed by atoms with van der Waals surface area (Å²) < 4.78 is 1.83. The van der Waals surface area contributed by atoms with Gasteiger partial charge in [-0.25, -0.2) is 0 Å². The average Bonchev–Trinajstić information content (AvgIpc) is 2.93. The van der Waals surface area contributed by atoms with Gasteiger partial charge in [0.2, 0.25) is 5.95 Å². The Morgan fingerprint density at radius 1 is 1.00 bits per heavy atom. The Balaban J connectivity index is 2.13. The highest BCUT2D eigenvalue weighted by atomic mass is 35.5. The summed E-state index contributed by atoms with van der Waals surface area (Å²) in [6.07, 6.45) is 0. The molecule has 2 aromatic carbocycles. The molecule has 0 fully saturated rings. The maximum atomic E-state index is 6.05. The van der Waals surface area contributed by atoms with Crippen molar-refractivity contribution >= 4 is 17.5 Å². The first kappa shape index (κ1) is 13.6. The molecule has 3 rings (SSSR count). The van der Waals surface area contributed by atoms with Gasteiger partial charge in [-0.15, -0.1) is 5.10 Å². The van der Waals surface area contributed by atoms with Crippen molar-refractivity contribution in [1.82, 2.24) is 14.8 Å². The van der Waals surface area contributed by atoms with Gasteiger partial charge in [-0.3, -0.25) is 0 Å². The van der Waals surface area contributed by atoms with Crippen molar-refractivity contribution in [1.29, 1.82) is 0 Å². The average molecular weight is 299 g/mol. The minimum atomic E-state index is 0.657. The molecule has 106 valence electrons. The van der Waals surface area contributed by atoms with Crippen LogP contribution >= 0.6 is 11.6 Å². The molecule has 0 saturated carbocycles. The predicted octanol–water partition coefficient (Wildman–Crippen LogP) is 3.65. The summed E-state index contributed by atoms with van der Waals surface area (Å²) in [4.78, 5) is 6.56. The molecule has 21 heavy (non-hydrogen) atoms. The second kappa shape index (κ2) is 5.58. The maximum absolute atomic E-state index is 6.05. The number of para-hydroxylation sites is 1. The van der Waals surface area contributed by atoms with Crippen LogP contribution in [0, 0.1) is 0 Å². The van der Waals surface area contributed by atoms with Crippen LogP contribution in [0.15, 0.2) is 54.6 Å². The van der Waals surface area contributed by atoms with Crippen molar-refractivity contribution in [2.45, 2.75) is 0 Å². The van der Waals surface area contributed by atoms with E-state index < -0.39 is 0 Å². The standard InChI is InChI=1S/C16H15ClN4/c1-20(2)16-18-15(12-7-6-8-13(17)11-12)19-21(16)14-9-4-3-5-10-14/h3-11H,1-2H3. The first-order valence-electron chi connectivity index (χ1n) is 6.61. The Morgan fingerprint density at radius 3 is 2.43 bits per heavy atom. The second-order valence-electron chi connectivity index (χ2n) is 4.89. The van der Waals surface area contributed by atoms with Gasteiger partial charge in [0.1, 0.15) is 0 Å². The highest BCUT2D eigenvalue weighted by Crippen LogP contribution is 2.24. The third-order valence-electron chi connectivity index (χ3n) is 3.07. The molecule has 0 atom stereocenters. The van der Waals surface area contributed by atoms with Crippen LogP contribution in [0.4, 0.5) is 5.95 Å². The van der Waals surface area contributed by atoms with Gasteiger partial charge in [0.15, 0.2) is 5.82 Å². The number of anilines is 1. The molecule has 0 saturated heterocycles. The molecular weight excluding hydrogens is 284 g/mol. The van der Waals surface area contributed by atoms with Gasteiger partial charge in [-0.2, -0.15) is 9.67 Å². The van der Waals surface area contributed by atoms with Crippen LogP contribution < -0.4 is 4.90 Å². The van der Waals surface area contributed by atoms with Crippen LogP contribution in [0.3, 0.4) is 0 Å². The van der Waals surface area contributed by atoms with E-state index in [-0.39, 0.29) is 0 Å². The fraction of sp³-hybridized carbons (Fsp3) is 0.125. The second-order valence-corrected chi connectivity index (χ2v) is 5.32. The van der Waals surface area contributed by atoms with Crippen LogP contribution in [-0.4, -0.2) is 28.9 Å². The Hall–Kier alpha value is -2.33. The summed E-state index contributed by atoms with van der Waals surface area (Å²) in [6.45, 7) is 0. The molecule has 0 N–H and O–H groups in total. The SMILES string of the molecule is CN(C)c1nc(-c2cccc(Cl)c2)nn1-c1ccccc1. The molecule has 0 bridgehead atoms. The molecule has 1 heterocycles. The van der Waals surface area contributed by atoms with Crippen LogP contribution in [0.5, 0.6) is 0 Å². The molecule has 3 aromatic rings. The van der Waals surface area contributed by atoms with Gasteiger partial charge in [-0.05, 0) is 24.3 Å². The van der Waals surface area contributed by atoms with Gasteiger partial charge in [-0.1, -0.05) is 41.9 Å². The molecule has 5 heteroatoms. The summed E-state index contributed by atoms with van der Waals surface area (Å²) in [6, 6.07) is 17.5. The van der Waals surface area contributed by atoms with Crippen LogP contribution in [0.2, 0.25) is 5.02 Å². The molecule has 0 amide bonds. The van der Waals surface area contributed by atoms with Gasteiger partial charge >= 0.3 is 0 Å². The van der Waals surface area contributed by atoms with Crippen molar-refractivity contribution in [2.24, 2.45) is 0 Å². The fourth-order valence-corrected chi connectivity index (χ4v) is 2.28. The molecule has 0 aliphatic heterocycles. The lowest BCUT2D eigenvalue weighted by molar-refractivity contribution is 0.851. The van der Waals surface area contributed by atoms with E-state index in [2.05, 4.69) is 10.1 Å². The van der Waals surface area contributed by atoms with E-state index in [1.807, 2.05) is 78.3 Å². The minimum Gasteiger partial charge on any atom is -0.347 e. The molecule has 4 nitrogen and oxygen atoms in total. The van der Waals surface area contributed by atoms with Crippen LogP contribution in [0.1, 0.15) is 0 Å². The third-order valence-corrected chi connectivity index (χ3v) is 3.31. The quantitative estimate of drug-likeness (QED) is 0.740. The third kappa shape index (κ3) is 2.76. The molecule has 0 aliphatic rings. The molecule has 1 aromatic heterocycles. The van der Waals surface area contributed by atoms with E-state index in [0.29, 0.717) is 10.8 Å². The number of hydrogen-bond donors (Lipinski definition) is 0. The topological polar surface area (TPSA) is 34.0 Å². The van der Waals surface area contributed by atoms with Crippen molar-refractivity contribution in [2.75, 3.05) is 19.0 Å². The van der Waals surface area contributed by atoms with E-state index in [0.717, 1.165) is 17.2 Å². The van der Waals surface area contributed by atoms with Crippen molar-refractivity contribution in [3.8, 4) is 17.1 Å². The Labute approximate surface area is 128 Å². The first-order chi connectivity index (χ1) is 10.1. The number of aromatic nitrogens is 3. The normalized spacial score (nSPS) is 10.6. The smallest absolute Gasteiger partial charge is 0.228 e. The van der Waals surface area contributed by atoms with Crippen LogP contribution in [0.25, 0.3) is 17.1 Å². The van der Waals surface area contributed by atoms with Gasteiger partial charge in [0.25, 0.3) is 0 Å². The number of nitrogens with zero attached hydrogens (tertiary/aromatic N) is 4. The number of rotatable bonds is 3. The summed E-state index contributed by atoms with van der Waals surface area (Å²) in [5, 5.41) is 5.29. The lowest BCUT2D eigenvalue weighted by atomic mass is 10.2. The van der Waals surface area contributed by atoms with E-state index in [1.165, 1.54) is 0 Å². The summed E-state index contributed by atoms with van der Waals surface area (Å²) >= 11 is 6.05. The molecule has 0 radical (unpaired) electrons. The number of halogens is 1. The Bertz CT molecular complexity index is 750. The Kier molecular flexibility index (Phi) is 3.62. The number of benzene rings is 2. The summed E-state index contributed by atoms with van der Waals surface area (Å²) in [5.41, 5.74) is 1.88. The molecule has 0 unspecified atom stereocenters. The van der Waals surface area contributed by atoms with E-state index in [9.17, 15) is 0 Å². The Morgan fingerprint density at radius 2 is 1.76 bits per heavy atom. The van der Waals surface area contributed by atoms with Crippen LogP contribution in [-0.2, 0) is 0 Å². The van der Waals surface area contributed by atoms with E-state index in [4.69, 9.17) is 11.6 Å². The number of hydrogen-bond acceptors (Lipinski definition) is 3. The van der Waals surface area contributed by atoms with Crippen molar-refractivity contribution < 1.29 is 0 Å². The highest BCUT2D eigenvalue weighted by Gasteiger charge is 2.14. The van der Waals surface area contributed by atoms with E-state index >= 15 is 0 Å². The van der Waals surface area contributed by atoms with Gasteiger partial charge in [0, 0.05) is 24.7 Å². The summed E-state index contributed by atoms with van der Waals surface area (Å²) in [7, 11) is 3.90. The zero-order valence-corrected chi connectivity index (χ0v) is 12.6. The molecular formula is C16H15ClN4. The largest absolute Gasteiger partial charge is 0.347 e. The minimum absolute atomic E-state index is 0.657. The molecule has 0 aliphatic carbocycles. The lowest BCUT2D eigenvalue weighted by Gasteiger charge is -2.12. The molecule has 0 spiro atoms. The van der Waals surface area contributed by atoms with Gasteiger partial charge in [0.05, 0.1) is 5.69 Å². The van der Waals surface area contributed by atoms with Crippen molar-refractivity contribution in [3.05, 3.63) is 59.6 Å². The first-order valence-corrected chi connectivity index (χ1v) is 6.99.